The van der Waals surface area contributed by atoms with E-state index in [9.17, 15) is 18.8 Å². The van der Waals surface area contributed by atoms with Gasteiger partial charge in [0.05, 0.1) is 28.7 Å². The number of amides is 1. The summed E-state index contributed by atoms with van der Waals surface area (Å²) in [6, 6.07) is 10.1. The number of rotatable bonds is 6. The van der Waals surface area contributed by atoms with Crippen molar-refractivity contribution in [3.63, 3.8) is 0 Å². The van der Waals surface area contributed by atoms with Gasteiger partial charge in [0.15, 0.2) is 10.9 Å². The minimum absolute atomic E-state index is 0.0293. The smallest absolute Gasteiger partial charge is 0.274 e. The van der Waals surface area contributed by atoms with E-state index < -0.39 is 35.2 Å². The second-order valence-corrected chi connectivity index (χ2v) is 10.2. The molecule has 4 aromatic rings. The summed E-state index contributed by atoms with van der Waals surface area (Å²) in [5, 5.41) is 16.6. The number of fused-ring (bicyclic) bond motifs is 1. The van der Waals surface area contributed by atoms with Gasteiger partial charge in [0, 0.05) is 35.7 Å². The lowest BCUT2D eigenvalue weighted by molar-refractivity contribution is -0.120. The molecule has 8 nitrogen and oxygen atoms in total. The Morgan fingerprint density at radius 1 is 1.12 bits per heavy atom. The molecule has 2 aromatic heterocycles. The highest BCUT2D eigenvalue weighted by Crippen LogP contribution is 2.41. The lowest BCUT2D eigenvalue weighted by Crippen LogP contribution is -2.44. The summed E-state index contributed by atoms with van der Waals surface area (Å²) >= 11 is 5.71. The number of benzene rings is 2. The number of carbonyl (C=O) groups excluding carboxylic acids is 1. The number of nitrogens with one attached hydrogen (secondary N) is 1. The van der Waals surface area contributed by atoms with Crippen LogP contribution >= 0.6 is 12.2 Å². The average Bonchev–Trinajstić information content (AvgIpc) is 3.53. The first-order valence-corrected chi connectivity index (χ1v) is 13.0. The van der Waals surface area contributed by atoms with Crippen LogP contribution in [-0.2, 0) is 17.1 Å². The highest BCUT2D eigenvalue weighted by Gasteiger charge is 2.51. The number of aromatic nitrogens is 4. The summed E-state index contributed by atoms with van der Waals surface area (Å²) in [6.45, 7) is 6.40. The first-order valence-electron chi connectivity index (χ1n) is 12.6. The molecule has 0 spiro atoms. The van der Waals surface area contributed by atoms with Crippen LogP contribution in [-0.4, -0.2) is 36.7 Å². The number of nitrogens with zero attached hydrogens (tertiary/aromatic N) is 6. The molecule has 12 heteroatoms. The van der Waals surface area contributed by atoms with Crippen molar-refractivity contribution in [2.75, 3.05) is 9.80 Å². The molecule has 1 saturated heterocycles. The largest absolute Gasteiger partial charge is 0.303 e. The van der Waals surface area contributed by atoms with Crippen LogP contribution in [0.25, 0.3) is 22.3 Å². The fourth-order valence-electron chi connectivity index (χ4n) is 4.82. The second kappa shape index (κ2) is 9.67. The normalized spacial score (nSPS) is 15.2. The van der Waals surface area contributed by atoms with Crippen LogP contribution in [0.2, 0.25) is 0 Å². The Morgan fingerprint density at radius 3 is 2.50 bits per heavy atom. The van der Waals surface area contributed by atoms with E-state index in [2.05, 4.69) is 20.2 Å². The minimum Gasteiger partial charge on any atom is -0.303 e. The zero-order valence-electron chi connectivity index (χ0n) is 22.1. The number of nitriles is 1. The van der Waals surface area contributed by atoms with Crippen LogP contribution in [0, 0.1) is 17.1 Å². The molecule has 0 saturated carbocycles. The molecule has 1 N–H and O–H groups in total. The summed E-state index contributed by atoms with van der Waals surface area (Å²) < 4.78 is 45.1. The molecular formula is C28H24F3N7OS. The summed E-state index contributed by atoms with van der Waals surface area (Å²) in [6.07, 6.45) is 1.50. The number of carbonyl (C=O) groups is 1. The molecule has 0 atom stereocenters. The van der Waals surface area contributed by atoms with E-state index in [1.165, 1.54) is 30.0 Å². The molecule has 3 heterocycles. The molecule has 1 amide bonds. The van der Waals surface area contributed by atoms with Gasteiger partial charge in [-0.3, -0.25) is 14.8 Å². The number of hydrogen-bond donors (Lipinski definition) is 1. The maximum absolute atomic E-state index is 15.6. The van der Waals surface area contributed by atoms with Crippen LogP contribution in [0.1, 0.15) is 51.1 Å². The molecule has 0 aliphatic carbocycles. The molecule has 1 aliphatic rings. The van der Waals surface area contributed by atoms with E-state index in [0.29, 0.717) is 29.0 Å². The van der Waals surface area contributed by atoms with Crippen LogP contribution in [0.15, 0.2) is 42.6 Å². The molecule has 40 heavy (non-hydrogen) atoms. The van der Waals surface area contributed by atoms with Gasteiger partial charge in [0.25, 0.3) is 11.8 Å². The maximum Gasteiger partial charge on any atom is 0.274 e. The molecule has 1 aliphatic heterocycles. The van der Waals surface area contributed by atoms with Crippen molar-refractivity contribution in [2.45, 2.75) is 52.0 Å². The molecular weight excluding hydrogens is 539 g/mol. The highest BCUT2D eigenvalue weighted by molar-refractivity contribution is 7.81. The van der Waals surface area contributed by atoms with Gasteiger partial charge in [-0.2, -0.15) is 10.4 Å². The van der Waals surface area contributed by atoms with E-state index in [4.69, 9.17) is 12.2 Å². The van der Waals surface area contributed by atoms with Gasteiger partial charge in [-0.25, -0.2) is 23.1 Å². The molecule has 204 valence electrons. The number of anilines is 2. The van der Waals surface area contributed by atoms with Gasteiger partial charge in [0.2, 0.25) is 0 Å². The summed E-state index contributed by atoms with van der Waals surface area (Å²) in [7, 11) is 0. The van der Waals surface area contributed by atoms with Crippen molar-refractivity contribution >= 4 is 45.5 Å². The monoisotopic (exact) mass is 563 g/mol. The van der Waals surface area contributed by atoms with E-state index in [0.717, 1.165) is 11.0 Å². The molecule has 0 radical (unpaired) electrons. The summed E-state index contributed by atoms with van der Waals surface area (Å²) in [4.78, 5) is 25.3. The quantitative estimate of drug-likeness (QED) is 0.287. The van der Waals surface area contributed by atoms with Gasteiger partial charge in [0.1, 0.15) is 16.9 Å². The van der Waals surface area contributed by atoms with Gasteiger partial charge >= 0.3 is 0 Å². The average molecular weight is 564 g/mol. The zero-order chi connectivity index (χ0) is 29.0. The van der Waals surface area contributed by atoms with Crippen LogP contribution in [0.5, 0.6) is 0 Å². The molecule has 1 fully saturated rings. The maximum atomic E-state index is 15.6. The third-order valence-corrected chi connectivity index (χ3v) is 7.37. The molecule has 0 bridgehead atoms. The molecule has 5 rings (SSSR count). The van der Waals surface area contributed by atoms with E-state index in [1.807, 2.05) is 6.92 Å². The fraction of sp³-hybridized carbons (Fsp3) is 0.286. The van der Waals surface area contributed by atoms with E-state index >= 15 is 4.39 Å². The van der Waals surface area contributed by atoms with Gasteiger partial charge in [-0.15, -0.1) is 0 Å². The highest BCUT2D eigenvalue weighted by atomic mass is 32.1. The Bertz CT molecular complexity index is 1710. The van der Waals surface area contributed by atoms with Crippen LogP contribution in [0.3, 0.4) is 0 Å². The lowest BCUT2D eigenvalue weighted by Gasteiger charge is -2.30. The van der Waals surface area contributed by atoms with Crippen molar-refractivity contribution in [3.05, 3.63) is 65.4 Å². The number of alkyl halides is 2. The van der Waals surface area contributed by atoms with Crippen molar-refractivity contribution in [1.29, 1.82) is 5.26 Å². The SMILES string of the molecule is CCc1nc(-c2ccn[nH]2)c2cc(N3C(=S)N(c4ccc(C#N)c(C(F)(F)CC)c4)C(=O)C3(C)C)cc(F)c2n1. The number of thiocarbonyl (C=S) groups is 1. The zero-order valence-corrected chi connectivity index (χ0v) is 22.9. The standard InChI is InChI=1S/C28H24F3N7OS/c1-5-22-34-23-18(24(35-22)21-9-10-33-36-21)11-17(13-20(23)29)38-26(40)37(25(39)27(38,3)4)16-8-7-15(14-32)19(12-16)28(30,31)6-2/h7-13H,5-6H2,1-4H3,(H,33,36). The van der Waals surface area contributed by atoms with Crippen LogP contribution in [0.4, 0.5) is 24.5 Å². The van der Waals surface area contributed by atoms with Gasteiger partial charge in [-0.1, -0.05) is 13.8 Å². The van der Waals surface area contributed by atoms with Crippen LogP contribution < -0.4 is 9.80 Å². The predicted octanol–water partition coefficient (Wildman–Crippen LogP) is 6.01. The lowest BCUT2D eigenvalue weighted by atomic mass is 9.98. The number of hydrogen-bond acceptors (Lipinski definition) is 6. The van der Waals surface area contributed by atoms with Crippen molar-refractivity contribution in [3.8, 4) is 17.5 Å². The van der Waals surface area contributed by atoms with Gasteiger partial charge in [-0.05, 0) is 62.5 Å². The Labute approximate surface area is 233 Å². The summed E-state index contributed by atoms with van der Waals surface area (Å²) in [5.74, 6) is -3.98. The minimum atomic E-state index is -3.29. The van der Waals surface area contributed by atoms with Crippen molar-refractivity contribution in [2.24, 2.45) is 0 Å². The number of aromatic amines is 1. The Balaban J connectivity index is 1.67. The Kier molecular flexibility index (Phi) is 6.58. The third-order valence-electron chi connectivity index (χ3n) is 7.00. The molecule has 2 aromatic carbocycles. The van der Waals surface area contributed by atoms with E-state index in [1.54, 1.807) is 38.2 Å². The molecule has 0 unspecified atom stereocenters. The van der Waals surface area contributed by atoms with Crippen molar-refractivity contribution in [1.82, 2.24) is 20.2 Å². The second-order valence-electron chi connectivity index (χ2n) is 9.85. The third kappa shape index (κ3) is 4.17. The number of halogens is 3. The van der Waals surface area contributed by atoms with Gasteiger partial charge < -0.3 is 4.90 Å². The fourth-order valence-corrected chi connectivity index (χ4v) is 5.34. The number of aryl methyl sites for hydroxylation is 1. The van der Waals surface area contributed by atoms with Crippen molar-refractivity contribution < 1.29 is 18.0 Å². The number of H-pyrrole nitrogens is 1. The van der Waals surface area contributed by atoms with E-state index in [-0.39, 0.29) is 27.6 Å². The Morgan fingerprint density at radius 2 is 1.88 bits per heavy atom. The first-order chi connectivity index (χ1) is 18.9. The predicted molar refractivity (Wildman–Crippen MR) is 148 cm³/mol. The Hall–Kier alpha value is -4.37. The first kappa shape index (κ1) is 27.2. The summed E-state index contributed by atoms with van der Waals surface area (Å²) in [5.41, 5.74) is -0.557. The topological polar surface area (TPSA) is 102 Å².